The number of likely N-dealkylation sites (tertiary alicyclic amines) is 1. The molecule has 2 heteroatoms. The van der Waals surface area contributed by atoms with Crippen molar-refractivity contribution < 1.29 is 0 Å². The van der Waals surface area contributed by atoms with E-state index in [0.717, 1.165) is 0 Å². The lowest BCUT2D eigenvalue weighted by Gasteiger charge is -2.37. The van der Waals surface area contributed by atoms with Gasteiger partial charge in [-0.3, -0.25) is 0 Å². The molecule has 2 nitrogen and oxygen atoms in total. The number of likely N-dealkylation sites (N-methyl/N-ethyl adjacent to an activating group) is 1. The van der Waals surface area contributed by atoms with Gasteiger partial charge < -0.3 is 9.80 Å². The normalized spacial score (nSPS) is 24.1. The summed E-state index contributed by atoms with van der Waals surface area (Å²) < 4.78 is 0. The number of anilines is 1. The van der Waals surface area contributed by atoms with Gasteiger partial charge in [0.15, 0.2) is 0 Å². The molecule has 0 aromatic heterocycles. The van der Waals surface area contributed by atoms with Gasteiger partial charge in [-0.1, -0.05) is 36.8 Å². The van der Waals surface area contributed by atoms with Gasteiger partial charge in [0.25, 0.3) is 0 Å². The maximum Gasteiger partial charge on any atom is 0.0600 e. The molecule has 0 saturated carbocycles. The fourth-order valence-electron chi connectivity index (χ4n) is 3.06. The molecule has 1 aromatic rings. The Labute approximate surface area is 110 Å². The Kier molecular flexibility index (Phi) is 3.37. The molecule has 1 saturated heterocycles. The molecule has 2 heterocycles. The van der Waals surface area contributed by atoms with Crippen LogP contribution in [0.25, 0.3) is 6.08 Å². The third kappa shape index (κ3) is 2.30. The van der Waals surface area contributed by atoms with Crippen molar-refractivity contribution in [2.75, 3.05) is 31.6 Å². The molecule has 0 bridgehead atoms. The number of hydrogen-bond donors (Lipinski definition) is 0. The molecule has 0 spiro atoms. The number of piperidine rings is 1. The SMILES string of the molecule is CN1c2ccccc2C=CC1CN1CCCCC1. The van der Waals surface area contributed by atoms with Crippen molar-refractivity contribution in [3.05, 3.63) is 35.9 Å². The van der Waals surface area contributed by atoms with E-state index in [-0.39, 0.29) is 0 Å². The van der Waals surface area contributed by atoms with E-state index < -0.39 is 0 Å². The average Bonchev–Trinajstić information content (AvgIpc) is 2.43. The van der Waals surface area contributed by atoms with Crippen LogP contribution in [0.5, 0.6) is 0 Å². The molecule has 96 valence electrons. The Hall–Kier alpha value is -1.28. The molecule has 18 heavy (non-hydrogen) atoms. The van der Waals surface area contributed by atoms with Gasteiger partial charge in [0.05, 0.1) is 6.04 Å². The van der Waals surface area contributed by atoms with Crippen LogP contribution >= 0.6 is 0 Å². The second-order valence-electron chi connectivity index (χ2n) is 5.46. The second kappa shape index (κ2) is 5.15. The highest BCUT2D eigenvalue weighted by Gasteiger charge is 2.21. The lowest BCUT2D eigenvalue weighted by atomic mass is 10.0. The maximum atomic E-state index is 2.61. The van der Waals surface area contributed by atoms with E-state index in [0.29, 0.717) is 6.04 Å². The Morgan fingerprint density at radius 1 is 1.11 bits per heavy atom. The largest absolute Gasteiger partial charge is 0.366 e. The topological polar surface area (TPSA) is 6.48 Å². The van der Waals surface area contributed by atoms with Crippen LogP contribution in [0.4, 0.5) is 5.69 Å². The number of rotatable bonds is 2. The van der Waals surface area contributed by atoms with Crippen molar-refractivity contribution in [1.29, 1.82) is 0 Å². The Bertz CT molecular complexity index is 432. The van der Waals surface area contributed by atoms with Gasteiger partial charge >= 0.3 is 0 Å². The molecular weight excluding hydrogens is 220 g/mol. The Morgan fingerprint density at radius 3 is 2.72 bits per heavy atom. The fourth-order valence-corrected chi connectivity index (χ4v) is 3.06. The second-order valence-corrected chi connectivity index (χ2v) is 5.46. The summed E-state index contributed by atoms with van der Waals surface area (Å²) >= 11 is 0. The molecule has 1 atom stereocenters. The molecule has 0 amide bonds. The van der Waals surface area contributed by atoms with Crippen LogP contribution in [0, 0.1) is 0 Å². The summed E-state index contributed by atoms with van der Waals surface area (Å²) in [7, 11) is 2.22. The van der Waals surface area contributed by atoms with Crippen LogP contribution < -0.4 is 4.90 Å². The molecule has 2 aliphatic heterocycles. The highest BCUT2D eigenvalue weighted by atomic mass is 15.2. The molecular formula is C16H22N2. The van der Waals surface area contributed by atoms with Gasteiger partial charge in [-0.25, -0.2) is 0 Å². The van der Waals surface area contributed by atoms with E-state index in [1.807, 2.05) is 0 Å². The van der Waals surface area contributed by atoms with Crippen molar-refractivity contribution in [1.82, 2.24) is 4.90 Å². The lowest BCUT2D eigenvalue weighted by molar-refractivity contribution is 0.223. The van der Waals surface area contributed by atoms with Crippen molar-refractivity contribution in [2.24, 2.45) is 0 Å². The minimum Gasteiger partial charge on any atom is -0.366 e. The summed E-state index contributed by atoms with van der Waals surface area (Å²) in [4.78, 5) is 5.03. The number of benzene rings is 1. The van der Waals surface area contributed by atoms with Gasteiger partial charge in [0, 0.05) is 19.3 Å². The van der Waals surface area contributed by atoms with Gasteiger partial charge in [-0.05, 0) is 37.6 Å². The van der Waals surface area contributed by atoms with Gasteiger partial charge in [0.2, 0.25) is 0 Å². The molecule has 2 aliphatic rings. The van der Waals surface area contributed by atoms with Gasteiger partial charge in [-0.15, -0.1) is 0 Å². The van der Waals surface area contributed by atoms with Crippen molar-refractivity contribution in [3.63, 3.8) is 0 Å². The standard InChI is InChI=1S/C16H22N2/c1-17-15(13-18-11-5-2-6-12-18)10-9-14-7-3-4-8-16(14)17/h3-4,7-10,15H,2,5-6,11-13H2,1H3. The summed E-state index contributed by atoms with van der Waals surface area (Å²) in [5.74, 6) is 0. The van der Waals surface area contributed by atoms with Crippen LogP contribution in [-0.2, 0) is 0 Å². The highest BCUT2D eigenvalue weighted by molar-refractivity contribution is 5.71. The Balaban J connectivity index is 1.72. The number of hydrogen-bond acceptors (Lipinski definition) is 2. The summed E-state index contributed by atoms with van der Waals surface area (Å²) in [5.41, 5.74) is 2.71. The zero-order chi connectivity index (χ0) is 12.4. The molecule has 3 rings (SSSR count). The zero-order valence-corrected chi connectivity index (χ0v) is 11.2. The van der Waals surface area contributed by atoms with Gasteiger partial charge in [-0.2, -0.15) is 0 Å². The summed E-state index contributed by atoms with van der Waals surface area (Å²) in [5, 5.41) is 0. The maximum absolute atomic E-state index is 2.61. The first kappa shape index (κ1) is 11.8. The van der Waals surface area contributed by atoms with E-state index in [4.69, 9.17) is 0 Å². The fraction of sp³-hybridized carbons (Fsp3) is 0.500. The van der Waals surface area contributed by atoms with Crippen molar-refractivity contribution in [3.8, 4) is 0 Å². The number of nitrogens with zero attached hydrogens (tertiary/aromatic N) is 2. The molecule has 1 unspecified atom stereocenters. The quantitative estimate of drug-likeness (QED) is 0.786. The smallest absolute Gasteiger partial charge is 0.0600 e. The zero-order valence-electron chi connectivity index (χ0n) is 11.2. The predicted molar refractivity (Wildman–Crippen MR) is 78.0 cm³/mol. The van der Waals surface area contributed by atoms with Crippen LogP contribution in [0.2, 0.25) is 0 Å². The molecule has 0 N–H and O–H groups in total. The molecule has 0 radical (unpaired) electrons. The number of para-hydroxylation sites is 1. The Morgan fingerprint density at radius 2 is 1.89 bits per heavy atom. The first-order valence-corrected chi connectivity index (χ1v) is 7.07. The highest BCUT2D eigenvalue weighted by Crippen LogP contribution is 2.27. The van der Waals surface area contributed by atoms with E-state index in [1.165, 1.54) is 50.1 Å². The third-order valence-electron chi connectivity index (χ3n) is 4.21. The third-order valence-corrected chi connectivity index (χ3v) is 4.21. The lowest BCUT2D eigenvalue weighted by Crippen LogP contribution is -2.44. The van der Waals surface area contributed by atoms with Gasteiger partial charge in [0.1, 0.15) is 0 Å². The van der Waals surface area contributed by atoms with Crippen LogP contribution in [-0.4, -0.2) is 37.6 Å². The molecule has 0 aliphatic carbocycles. The summed E-state index contributed by atoms with van der Waals surface area (Å²) in [6, 6.07) is 9.19. The van der Waals surface area contributed by atoms with Crippen LogP contribution in [0.15, 0.2) is 30.3 Å². The molecule has 1 aromatic carbocycles. The summed E-state index contributed by atoms with van der Waals surface area (Å²) in [6.45, 7) is 3.72. The van der Waals surface area contributed by atoms with Crippen molar-refractivity contribution in [2.45, 2.75) is 25.3 Å². The van der Waals surface area contributed by atoms with E-state index in [1.54, 1.807) is 0 Å². The molecule has 1 fully saturated rings. The monoisotopic (exact) mass is 242 g/mol. The van der Waals surface area contributed by atoms with E-state index >= 15 is 0 Å². The predicted octanol–water partition coefficient (Wildman–Crippen LogP) is 3.00. The first-order chi connectivity index (χ1) is 8.84. The van der Waals surface area contributed by atoms with E-state index in [9.17, 15) is 0 Å². The summed E-state index contributed by atoms with van der Waals surface area (Å²) in [6.07, 6.45) is 8.80. The average molecular weight is 242 g/mol. The van der Waals surface area contributed by atoms with Crippen LogP contribution in [0.3, 0.4) is 0 Å². The van der Waals surface area contributed by atoms with Crippen LogP contribution in [0.1, 0.15) is 24.8 Å². The van der Waals surface area contributed by atoms with E-state index in [2.05, 4.69) is 53.3 Å². The minimum atomic E-state index is 0.526. The minimum absolute atomic E-state index is 0.526. The number of fused-ring (bicyclic) bond motifs is 1. The first-order valence-electron chi connectivity index (χ1n) is 7.07. The van der Waals surface area contributed by atoms with Crippen molar-refractivity contribution >= 4 is 11.8 Å².